The first kappa shape index (κ1) is 16.6. The summed E-state index contributed by atoms with van der Waals surface area (Å²) in [5.74, 6) is -0.413. The number of hydrogen-bond acceptors (Lipinski definition) is 3. The molecule has 2 aromatic rings. The van der Waals surface area contributed by atoms with Crippen LogP contribution >= 0.6 is 0 Å². The maximum Gasteiger partial charge on any atom is 0.246 e. The molecule has 3 rings (SSSR count). The summed E-state index contributed by atoms with van der Waals surface area (Å²) in [5.41, 5.74) is 1.72. The number of carbonyl (C=O) groups is 1. The van der Waals surface area contributed by atoms with Gasteiger partial charge in [-0.25, -0.2) is 9.45 Å². The minimum absolute atomic E-state index is 0.0271. The van der Waals surface area contributed by atoms with Gasteiger partial charge in [0.25, 0.3) is 0 Å². The van der Waals surface area contributed by atoms with Crippen LogP contribution in [0, 0.1) is 5.82 Å². The van der Waals surface area contributed by atoms with E-state index in [0.29, 0.717) is 31.4 Å². The molecule has 2 aromatic carbocycles. The summed E-state index contributed by atoms with van der Waals surface area (Å²) in [6.45, 7) is 0.508. The first-order valence-electron chi connectivity index (χ1n) is 8.08. The number of aliphatic hydroxyl groups excluding tert-OH is 1. The predicted molar refractivity (Wildman–Crippen MR) is 87.2 cm³/mol. The lowest BCUT2D eigenvalue weighted by Gasteiger charge is -2.39. The first-order valence-corrected chi connectivity index (χ1v) is 8.08. The second-order valence-corrected chi connectivity index (χ2v) is 5.90. The molecule has 24 heavy (non-hydrogen) atoms. The highest BCUT2D eigenvalue weighted by atomic mass is 19.1. The van der Waals surface area contributed by atoms with Gasteiger partial charge in [0.1, 0.15) is 18.5 Å². The molecular weight excluding hydrogens is 309 g/mol. The van der Waals surface area contributed by atoms with Crippen molar-refractivity contribution in [2.45, 2.75) is 31.4 Å². The minimum Gasteiger partial charge on any atom is -0.388 e. The molecule has 4 nitrogen and oxygen atoms in total. The molecule has 0 radical (unpaired) electrons. The van der Waals surface area contributed by atoms with Crippen LogP contribution in [0.15, 0.2) is 54.6 Å². The quantitative estimate of drug-likeness (QED) is 0.882. The summed E-state index contributed by atoms with van der Waals surface area (Å²) in [6, 6.07) is 15.5. The molecule has 1 amide bonds. The van der Waals surface area contributed by atoms with E-state index in [-0.39, 0.29) is 17.8 Å². The molecule has 2 atom stereocenters. The van der Waals surface area contributed by atoms with Crippen molar-refractivity contribution in [3.63, 3.8) is 0 Å². The predicted octanol–water partition coefficient (Wildman–Crippen LogP) is 3.54. The summed E-state index contributed by atoms with van der Waals surface area (Å²) in [7, 11) is 0. The van der Waals surface area contributed by atoms with E-state index < -0.39 is 6.10 Å². The van der Waals surface area contributed by atoms with Crippen molar-refractivity contribution in [2.24, 2.45) is 0 Å². The Morgan fingerprint density at radius 1 is 1.21 bits per heavy atom. The van der Waals surface area contributed by atoms with E-state index in [1.807, 2.05) is 30.3 Å². The van der Waals surface area contributed by atoms with Gasteiger partial charge in [-0.15, -0.1) is 0 Å². The Kier molecular flexibility index (Phi) is 5.23. The third-order valence-corrected chi connectivity index (χ3v) is 4.21. The SMILES string of the molecule is O=C(CCCC(O)c1ccc(F)cc1)N1OC[C@@H]1c1ccccc1. The van der Waals surface area contributed by atoms with Crippen LogP contribution < -0.4 is 0 Å². The third-order valence-electron chi connectivity index (χ3n) is 4.21. The number of benzene rings is 2. The number of nitrogens with zero attached hydrogens (tertiary/aromatic N) is 1. The molecule has 1 aliphatic rings. The summed E-state index contributed by atoms with van der Waals surface area (Å²) < 4.78 is 12.9. The van der Waals surface area contributed by atoms with Gasteiger partial charge in [0.15, 0.2) is 0 Å². The lowest BCUT2D eigenvalue weighted by Crippen LogP contribution is -2.46. The van der Waals surface area contributed by atoms with E-state index >= 15 is 0 Å². The molecule has 1 saturated heterocycles. The average Bonchev–Trinajstić information content (AvgIpc) is 2.55. The number of amides is 1. The molecule has 1 fully saturated rings. The molecule has 1 unspecified atom stereocenters. The fourth-order valence-electron chi connectivity index (χ4n) is 2.78. The minimum atomic E-state index is -0.694. The van der Waals surface area contributed by atoms with Gasteiger partial charge in [-0.3, -0.25) is 9.63 Å². The van der Waals surface area contributed by atoms with Crippen molar-refractivity contribution in [3.8, 4) is 0 Å². The number of carbonyl (C=O) groups excluding carboxylic acids is 1. The largest absolute Gasteiger partial charge is 0.388 e. The van der Waals surface area contributed by atoms with E-state index in [4.69, 9.17) is 4.84 Å². The van der Waals surface area contributed by atoms with Crippen molar-refractivity contribution in [3.05, 3.63) is 71.5 Å². The molecule has 0 bridgehead atoms. The summed E-state index contributed by atoms with van der Waals surface area (Å²) >= 11 is 0. The number of halogens is 1. The fraction of sp³-hybridized carbons (Fsp3) is 0.316. The van der Waals surface area contributed by atoms with Crippen molar-refractivity contribution in [1.29, 1.82) is 0 Å². The zero-order chi connectivity index (χ0) is 16.9. The molecular formula is C19H20FNO3. The normalized spacial score (nSPS) is 18.1. The van der Waals surface area contributed by atoms with E-state index in [2.05, 4.69) is 0 Å². The maximum absolute atomic E-state index is 12.9. The first-order chi connectivity index (χ1) is 11.6. The Balaban J connectivity index is 1.46. The van der Waals surface area contributed by atoms with Gasteiger partial charge in [0.05, 0.1) is 6.10 Å². The smallest absolute Gasteiger partial charge is 0.246 e. The summed E-state index contributed by atoms with van der Waals surface area (Å²) in [5, 5.41) is 11.5. The van der Waals surface area contributed by atoms with E-state index in [1.165, 1.54) is 17.2 Å². The van der Waals surface area contributed by atoms with Crippen molar-refractivity contribution in [1.82, 2.24) is 5.06 Å². The second-order valence-electron chi connectivity index (χ2n) is 5.90. The van der Waals surface area contributed by atoms with E-state index in [0.717, 1.165) is 5.56 Å². The summed E-state index contributed by atoms with van der Waals surface area (Å²) in [4.78, 5) is 17.5. The summed E-state index contributed by atoms with van der Waals surface area (Å²) in [6.07, 6.45) is 0.599. The van der Waals surface area contributed by atoms with Gasteiger partial charge in [0.2, 0.25) is 5.91 Å². The molecule has 0 aliphatic carbocycles. The second kappa shape index (κ2) is 7.55. The molecule has 0 aromatic heterocycles. The molecule has 126 valence electrons. The van der Waals surface area contributed by atoms with Gasteiger partial charge in [0, 0.05) is 6.42 Å². The number of hydroxylamine groups is 2. The van der Waals surface area contributed by atoms with Gasteiger partial charge in [-0.1, -0.05) is 42.5 Å². The van der Waals surface area contributed by atoms with Crippen molar-refractivity contribution in [2.75, 3.05) is 6.61 Å². The zero-order valence-electron chi connectivity index (χ0n) is 13.3. The Hall–Kier alpha value is -2.24. The topological polar surface area (TPSA) is 49.8 Å². The van der Waals surface area contributed by atoms with Crippen LogP contribution in [0.1, 0.15) is 42.5 Å². The van der Waals surface area contributed by atoms with Crippen LogP contribution in [-0.2, 0) is 9.63 Å². The number of aliphatic hydroxyl groups is 1. The number of hydrogen-bond donors (Lipinski definition) is 1. The highest BCUT2D eigenvalue weighted by molar-refractivity contribution is 5.76. The highest BCUT2D eigenvalue weighted by Crippen LogP contribution is 2.31. The molecule has 1 aliphatic heterocycles. The Labute approximate surface area is 140 Å². The van der Waals surface area contributed by atoms with Crippen LogP contribution in [0.2, 0.25) is 0 Å². The Morgan fingerprint density at radius 3 is 2.54 bits per heavy atom. The van der Waals surface area contributed by atoms with E-state index in [9.17, 15) is 14.3 Å². The van der Waals surface area contributed by atoms with Crippen LogP contribution in [0.5, 0.6) is 0 Å². The highest BCUT2D eigenvalue weighted by Gasteiger charge is 2.34. The van der Waals surface area contributed by atoms with Crippen LogP contribution in [0.25, 0.3) is 0 Å². The standard InChI is InChI=1S/C19H20FNO3/c20-16-11-9-15(10-12-16)18(22)7-4-8-19(23)21-17(13-24-21)14-5-2-1-3-6-14/h1-3,5-6,9-12,17-18,22H,4,7-8,13H2/t17-,18?/m1/s1. The zero-order valence-corrected chi connectivity index (χ0v) is 13.3. The maximum atomic E-state index is 12.9. The third kappa shape index (κ3) is 3.80. The lowest BCUT2D eigenvalue weighted by molar-refractivity contribution is -0.276. The monoisotopic (exact) mass is 329 g/mol. The molecule has 0 saturated carbocycles. The van der Waals surface area contributed by atoms with Gasteiger partial charge in [-0.2, -0.15) is 0 Å². The van der Waals surface area contributed by atoms with Crippen molar-refractivity contribution >= 4 is 5.91 Å². The molecule has 1 N–H and O–H groups in total. The molecule has 5 heteroatoms. The Morgan fingerprint density at radius 2 is 1.92 bits per heavy atom. The van der Waals surface area contributed by atoms with Gasteiger partial charge in [-0.05, 0) is 36.1 Å². The van der Waals surface area contributed by atoms with Crippen molar-refractivity contribution < 1.29 is 19.1 Å². The van der Waals surface area contributed by atoms with Gasteiger partial charge < -0.3 is 5.11 Å². The number of rotatable bonds is 6. The molecule has 1 heterocycles. The van der Waals surface area contributed by atoms with Gasteiger partial charge >= 0.3 is 0 Å². The van der Waals surface area contributed by atoms with E-state index in [1.54, 1.807) is 12.1 Å². The van der Waals surface area contributed by atoms with Crippen LogP contribution in [-0.4, -0.2) is 22.7 Å². The van der Waals surface area contributed by atoms with Crippen LogP contribution in [0.4, 0.5) is 4.39 Å². The average molecular weight is 329 g/mol. The van der Waals surface area contributed by atoms with Crippen LogP contribution in [0.3, 0.4) is 0 Å². The molecule has 0 spiro atoms. The Bertz CT molecular complexity index is 675. The lowest BCUT2D eigenvalue weighted by atomic mass is 10.0. The fourth-order valence-corrected chi connectivity index (χ4v) is 2.78.